The van der Waals surface area contributed by atoms with E-state index in [0.29, 0.717) is 5.56 Å². The van der Waals surface area contributed by atoms with Crippen molar-refractivity contribution in [3.63, 3.8) is 0 Å². The van der Waals surface area contributed by atoms with Gasteiger partial charge in [-0.3, -0.25) is 0 Å². The molecule has 76 valence electrons. The zero-order valence-corrected chi connectivity index (χ0v) is 8.12. The molecular weight excluding hydrogens is 179 g/mol. The van der Waals surface area contributed by atoms with Crippen LogP contribution in [0.15, 0.2) is 24.3 Å². The molecule has 0 aliphatic heterocycles. The van der Waals surface area contributed by atoms with Crippen LogP contribution in [0.1, 0.15) is 37.4 Å². The fraction of sp³-hybridized carbons (Fsp3) is 0.500. The van der Waals surface area contributed by atoms with Crippen LogP contribution in [0, 0.1) is 11.7 Å². The number of hydrogen-bond acceptors (Lipinski definition) is 1. The highest BCUT2D eigenvalue weighted by atomic mass is 19.1. The van der Waals surface area contributed by atoms with Crippen molar-refractivity contribution in [1.82, 2.24) is 0 Å². The Balaban J connectivity index is 2.17. The maximum atomic E-state index is 13.3. The van der Waals surface area contributed by atoms with Crippen LogP contribution < -0.4 is 0 Å². The van der Waals surface area contributed by atoms with Crippen LogP contribution in [-0.4, -0.2) is 5.11 Å². The van der Waals surface area contributed by atoms with Crippen molar-refractivity contribution in [2.45, 2.75) is 31.8 Å². The van der Waals surface area contributed by atoms with Gasteiger partial charge in [0.15, 0.2) is 0 Å². The summed E-state index contributed by atoms with van der Waals surface area (Å²) in [6.07, 6.45) is 3.76. The minimum absolute atomic E-state index is 0.256. The Morgan fingerprint density at radius 3 is 2.50 bits per heavy atom. The van der Waals surface area contributed by atoms with Crippen molar-refractivity contribution in [3.05, 3.63) is 35.6 Å². The van der Waals surface area contributed by atoms with Crippen molar-refractivity contribution in [2.24, 2.45) is 5.92 Å². The van der Waals surface area contributed by atoms with E-state index < -0.39 is 6.10 Å². The van der Waals surface area contributed by atoms with Gasteiger partial charge in [0.2, 0.25) is 0 Å². The lowest BCUT2D eigenvalue weighted by molar-refractivity contribution is 0.108. The molecule has 1 N–H and O–H groups in total. The first-order chi connectivity index (χ1) is 6.79. The summed E-state index contributed by atoms with van der Waals surface area (Å²) < 4.78 is 13.3. The first kappa shape index (κ1) is 9.66. The minimum Gasteiger partial charge on any atom is -0.388 e. The van der Waals surface area contributed by atoms with Crippen LogP contribution in [0.2, 0.25) is 0 Å². The molecule has 0 aromatic heterocycles. The van der Waals surface area contributed by atoms with E-state index in [1.807, 2.05) is 0 Å². The van der Waals surface area contributed by atoms with Gasteiger partial charge < -0.3 is 5.11 Å². The highest BCUT2D eigenvalue weighted by Crippen LogP contribution is 2.36. The molecule has 2 heteroatoms. The second-order valence-corrected chi connectivity index (χ2v) is 4.01. The first-order valence-electron chi connectivity index (χ1n) is 5.21. The number of hydrogen-bond donors (Lipinski definition) is 1. The maximum absolute atomic E-state index is 13.3. The van der Waals surface area contributed by atoms with Gasteiger partial charge in [0, 0.05) is 5.56 Å². The van der Waals surface area contributed by atoms with E-state index in [9.17, 15) is 9.50 Å². The molecule has 0 saturated heterocycles. The Labute approximate surface area is 83.6 Å². The monoisotopic (exact) mass is 194 g/mol. The maximum Gasteiger partial charge on any atom is 0.129 e. The number of aliphatic hydroxyl groups is 1. The fourth-order valence-electron chi connectivity index (χ4n) is 2.24. The molecule has 0 bridgehead atoms. The molecule has 1 nitrogen and oxygen atoms in total. The molecule has 1 aromatic carbocycles. The van der Waals surface area contributed by atoms with Gasteiger partial charge in [0.25, 0.3) is 0 Å². The molecule has 1 unspecified atom stereocenters. The summed E-state index contributed by atoms with van der Waals surface area (Å²) in [5.41, 5.74) is 0.458. The van der Waals surface area contributed by atoms with Crippen molar-refractivity contribution < 1.29 is 9.50 Å². The third-order valence-corrected chi connectivity index (χ3v) is 3.07. The molecule has 1 aliphatic rings. The van der Waals surface area contributed by atoms with E-state index in [1.165, 1.54) is 6.07 Å². The molecule has 0 spiro atoms. The van der Waals surface area contributed by atoms with Crippen molar-refractivity contribution in [1.29, 1.82) is 0 Å². The van der Waals surface area contributed by atoms with E-state index >= 15 is 0 Å². The van der Waals surface area contributed by atoms with Gasteiger partial charge in [-0.15, -0.1) is 0 Å². The zero-order chi connectivity index (χ0) is 9.97. The normalized spacial score (nSPS) is 19.9. The van der Waals surface area contributed by atoms with Crippen LogP contribution in [0.5, 0.6) is 0 Å². The van der Waals surface area contributed by atoms with E-state index in [2.05, 4.69) is 0 Å². The van der Waals surface area contributed by atoms with Gasteiger partial charge in [0.05, 0.1) is 6.10 Å². The molecule has 0 amide bonds. The summed E-state index contributed by atoms with van der Waals surface area (Å²) in [7, 11) is 0. The molecule has 14 heavy (non-hydrogen) atoms. The predicted molar refractivity (Wildman–Crippen MR) is 53.3 cm³/mol. The fourth-order valence-corrected chi connectivity index (χ4v) is 2.24. The molecule has 1 aromatic rings. The lowest BCUT2D eigenvalue weighted by Crippen LogP contribution is -2.10. The number of aliphatic hydroxyl groups excluding tert-OH is 1. The van der Waals surface area contributed by atoms with Crippen LogP contribution in [0.4, 0.5) is 4.39 Å². The molecule has 1 aliphatic carbocycles. The van der Waals surface area contributed by atoms with E-state index in [0.717, 1.165) is 25.7 Å². The van der Waals surface area contributed by atoms with Gasteiger partial charge in [0.1, 0.15) is 5.82 Å². The van der Waals surface area contributed by atoms with Gasteiger partial charge in [-0.2, -0.15) is 0 Å². The lowest BCUT2D eigenvalue weighted by Gasteiger charge is -2.18. The van der Waals surface area contributed by atoms with Crippen molar-refractivity contribution >= 4 is 0 Å². The highest BCUT2D eigenvalue weighted by molar-refractivity contribution is 5.20. The first-order valence-corrected chi connectivity index (χ1v) is 5.21. The summed E-state index contributed by atoms with van der Waals surface area (Å²) in [6.45, 7) is 0. The van der Waals surface area contributed by atoms with E-state index in [4.69, 9.17) is 0 Å². The third kappa shape index (κ3) is 1.80. The summed E-state index contributed by atoms with van der Waals surface area (Å²) in [4.78, 5) is 0. The molecule has 1 fully saturated rings. The minimum atomic E-state index is -0.612. The summed E-state index contributed by atoms with van der Waals surface area (Å²) in [6, 6.07) is 6.52. The average Bonchev–Trinajstić information content (AvgIpc) is 2.70. The number of halogens is 1. The second kappa shape index (κ2) is 4.09. The highest BCUT2D eigenvalue weighted by Gasteiger charge is 2.25. The van der Waals surface area contributed by atoms with E-state index in [-0.39, 0.29) is 11.7 Å². The van der Waals surface area contributed by atoms with Gasteiger partial charge in [-0.1, -0.05) is 31.0 Å². The van der Waals surface area contributed by atoms with Crippen molar-refractivity contribution in [3.8, 4) is 0 Å². The third-order valence-electron chi connectivity index (χ3n) is 3.07. The van der Waals surface area contributed by atoms with Crippen LogP contribution in [0.25, 0.3) is 0 Å². The molecule has 2 rings (SSSR count). The predicted octanol–water partition coefficient (Wildman–Crippen LogP) is 3.05. The van der Waals surface area contributed by atoms with Crippen LogP contribution >= 0.6 is 0 Å². The quantitative estimate of drug-likeness (QED) is 0.767. The van der Waals surface area contributed by atoms with Gasteiger partial charge in [-0.25, -0.2) is 4.39 Å². The summed E-state index contributed by atoms with van der Waals surface area (Å²) >= 11 is 0. The second-order valence-electron chi connectivity index (χ2n) is 4.01. The zero-order valence-electron chi connectivity index (χ0n) is 8.12. The standard InChI is InChI=1S/C12H15FO/c13-11-8-4-3-7-10(11)12(14)9-5-1-2-6-9/h3-4,7-9,12,14H,1-2,5-6H2. The average molecular weight is 194 g/mol. The SMILES string of the molecule is OC(c1ccccc1F)C1CCCC1. The Bertz CT molecular complexity index is 305. The lowest BCUT2D eigenvalue weighted by atomic mass is 9.94. The van der Waals surface area contributed by atoms with Crippen LogP contribution in [0.3, 0.4) is 0 Å². The van der Waals surface area contributed by atoms with Gasteiger partial charge in [-0.05, 0) is 24.8 Å². The summed E-state index contributed by atoms with van der Waals surface area (Å²) in [5, 5.41) is 9.96. The Morgan fingerprint density at radius 2 is 1.86 bits per heavy atom. The molecule has 1 saturated carbocycles. The Hall–Kier alpha value is -0.890. The molecule has 1 atom stereocenters. The van der Waals surface area contributed by atoms with Crippen molar-refractivity contribution in [2.75, 3.05) is 0 Å². The van der Waals surface area contributed by atoms with Crippen LogP contribution in [-0.2, 0) is 0 Å². The molecular formula is C12H15FO. The van der Waals surface area contributed by atoms with Gasteiger partial charge >= 0.3 is 0 Å². The molecule has 0 radical (unpaired) electrons. The topological polar surface area (TPSA) is 20.2 Å². The smallest absolute Gasteiger partial charge is 0.129 e. The Kier molecular flexibility index (Phi) is 2.82. The molecule has 0 heterocycles. The summed E-state index contributed by atoms with van der Waals surface area (Å²) in [5.74, 6) is -0.0289. The largest absolute Gasteiger partial charge is 0.388 e. The number of rotatable bonds is 2. The Morgan fingerprint density at radius 1 is 1.21 bits per heavy atom. The van der Waals surface area contributed by atoms with E-state index in [1.54, 1.807) is 18.2 Å². The number of benzene rings is 1.